The second-order valence-electron chi connectivity index (χ2n) is 5.84. The van der Waals surface area contributed by atoms with Gasteiger partial charge in [0, 0.05) is 19.1 Å². The Kier molecular flexibility index (Phi) is 2.66. The zero-order valence-electron chi connectivity index (χ0n) is 10.1. The zero-order valence-corrected chi connectivity index (χ0v) is 10.1. The summed E-state index contributed by atoms with van der Waals surface area (Å²) in [6.07, 6.45) is 5.68. The van der Waals surface area contributed by atoms with E-state index in [9.17, 15) is 4.79 Å². The summed E-state index contributed by atoms with van der Waals surface area (Å²) in [7, 11) is 0. The van der Waals surface area contributed by atoms with E-state index >= 15 is 0 Å². The molecular formula is C13H22N2O. The molecule has 1 N–H and O–H groups in total. The van der Waals surface area contributed by atoms with Gasteiger partial charge in [0.15, 0.2) is 0 Å². The third-order valence-electron chi connectivity index (χ3n) is 5.03. The minimum atomic E-state index is 0.307. The number of rotatable bonds is 2. The summed E-state index contributed by atoms with van der Waals surface area (Å²) in [5, 5.41) is 3.15. The van der Waals surface area contributed by atoms with E-state index in [1.807, 2.05) is 0 Å². The second kappa shape index (κ2) is 4.02. The molecule has 0 spiro atoms. The predicted octanol–water partition coefficient (Wildman–Crippen LogP) is 1.24. The molecule has 1 heterocycles. The number of nitrogens with one attached hydrogen (secondary N) is 1. The van der Waals surface area contributed by atoms with Crippen molar-refractivity contribution in [3.8, 4) is 0 Å². The van der Waals surface area contributed by atoms with Crippen LogP contribution in [0.3, 0.4) is 0 Å². The van der Waals surface area contributed by atoms with Gasteiger partial charge in [-0.15, -0.1) is 0 Å². The van der Waals surface area contributed by atoms with Crippen molar-refractivity contribution in [2.75, 3.05) is 19.6 Å². The number of nitrogens with zero attached hydrogens (tertiary/aromatic N) is 1. The summed E-state index contributed by atoms with van der Waals surface area (Å²) in [5.74, 6) is 3.00. The van der Waals surface area contributed by atoms with Gasteiger partial charge in [0.05, 0.1) is 6.54 Å². The number of hydrogen-bond donors (Lipinski definition) is 1. The van der Waals surface area contributed by atoms with Gasteiger partial charge in [-0.05, 0) is 43.9 Å². The first-order chi connectivity index (χ1) is 7.75. The van der Waals surface area contributed by atoms with E-state index in [2.05, 4.69) is 17.1 Å². The minimum Gasteiger partial charge on any atom is -0.337 e. The van der Waals surface area contributed by atoms with Crippen LogP contribution in [0.2, 0.25) is 0 Å². The summed E-state index contributed by atoms with van der Waals surface area (Å²) in [4.78, 5) is 14.0. The SMILES string of the molecule is CC(C1CC2CCC1C2)N1CCNCC1=O. The van der Waals surface area contributed by atoms with Gasteiger partial charge in [0.25, 0.3) is 0 Å². The van der Waals surface area contributed by atoms with E-state index in [-0.39, 0.29) is 0 Å². The van der Waals surface area contributed by atoms with Crippen LogP contribution in [0.15, 0.2) is 0 Å². The Hall–Kier alpha value is -0.570. The van der Waals surface area contributed by atoms with Gasteiger partial charge in [-0.3, -0.25) is 4.79 Å². The van der Waals surface area contributed by atoms with Crippen LogP contribution in [-0.2, 0) is 4.79 Å². The van der Waals surface area contributed by atoms with Gasteiger partial charge in [-0.2, -0.15) is 0 Å². The molecule has 1 amide bonds. The zero-order chi connectivity index (χ0) is 11.1. The third kappa shape index (κ3) is 1.65. The first-order valence-corrected chi connectivity index (χ1v) is 6.76. The molecule has 90 valence electrons. The Morgan fingerprint density at radius 2 is 2.25 bits per heavy atom. The van der Waals surface area contributed by atoms with Crippen molar-refractivity contribution in [3.63, 3.8) is 0 Å². The lowest BCUT2D eigenvalue weighted by Gasteiger charge is -2.39. The molecule has 3 heteroatoms. The van der Waals surface area contributed by atoms with Gasteiger partial charge in [0.2, 0.25) is 5.91 Å². The second-order valence-corrected chi connectivity index (χ2v) is 5.84. The molecule has 0 aromatic carbocycles. The fourth-order valence-electron chi connectivity index (χ4n) is 4.17. The molecule has 4 atom stereocenters. The van der Waals surface area contributed by atoms with Crippen molar-refractivity contribution < 1.29 is 4.79 Å². The van der Waals surface area contributed by atoms with Crippen LogP contribution in [0.25, 0.3) is 0 Å². The number of piperazine rings is 1. The molecule has 16 heavy (non-hydrogen) atoms. The van der Waals surface area contributed by atoms with E-state index in [0.29, 0.717) is 18.5 Å². The van der Waals surface area contributed by atoms with Crippen LogP contribution in [0.4, 0.5) is 0 Å². The van der Waals surface area contributed by atoms with E-state index in [1.54, 1.807) is 0 Å². The molecule has 1 aliphatic heterocycles. The van der Waals surface area contributed by atoms with Crippen molar-refractivity contribution in [1.29, 1.82) is 0 Å². The van der Waals surface area contributed by atoms with Crippen LogP contribution < -0.4 is 5.32 Å². The number of carbonyl (C=O) groups is 1. The van der Waals surface area contributed by atoms with E-state index in [1.165, 1.54) is 25.7 Å². The van der Waals surface area contributed by atoms with Crippen LogP contribution in [-0.4, -0.2) is 36.5 Å². The van der Waals surface area contributed by atoms with Gasteiger partial charge >= 0.3 is 0 Å². The van der Waals surface area contributed by atoms with Gasteiger partial charge in [-0.25, -0.2) is 0 Å². The molecule has 3 rings (SSSR count). The van der Waals surface area contributed by atoms with E-state index in [4.69, 9.17) is 0 Å². The fraction of sp³-hybridized carbons (Fsp3) is 0.923. The average molecular weight is 222 g/mol. The lowest BCUT2D eigenvalue weighted by Crippen LogP contribution is -2.54. The van der Waals surface area contributed by atoms with Crippen molar-refractivity contribution in [2.45, 2.75) is 38.6 Å². The van der Waals surface area contributed by atoms with Crippen molar-refractivity contribution in [2.24, 2.45) is 17.8 Å². The molecule has 1 saturated heterocycles. The molecule has 2 bridgehead atoms. The van der Waals surface area contributed by atoms with Crippen molar-refractivity contribution >= 4 is 5.91 Å². The minimum absolute atomic E-state index is 0.307. The Labute approximate surface area is 97.6 Å². The Bertz CT molecular complexity index is 292. The van der Waals surface area contributed by atoms with Crippen molar-refractivity contribution in [3.05, 3.63) is 0 Å². The standard InChI is InChI=1S/C13H22N2O/c1-9(15-5-4-14-8-13(15)16)12-7-10-2-3-11(12)6-10/h9-12,14H,2-8H2,1H3. The monoisotopic (exact) mass is 222 g/mol. The largest absolute Gasteiger partial charge is 0.337 e. The highest BCUT2D eigenvalue weighted by Gasteiger charge is 2.44. The normalized spacial score (nSPS) is 40.4. The number of carbonyl (C=O) groups excluding carboxylic acids is 1. The smallest absolute Gasteiger partial charge is 0.236 e. The van der Waals surface area contributed by atoms with E-state index < -0.39 is 0 Å². The summed E-state index contributed by atoms with van der Waals surface area (Å²) in [5.41, 5.74) is 0. The lowest BCUT2D eigenvalue weighted by atomic mass is 9.83. The maximum atomic E-state index is 11.9. The fourth-order valence-corrected chi connectivity index (χ4v) is 4.17. The summed E-state index contributed by atoms with van der Waals surface area (Å²) in [6.45, 7) is 4.70. The molecule has 0 aromatic rings. The molecule has 2 aliphatic carbocycles. The first-order valence-electron chi connectivity index (χ1n) is 6.76. The first kappa shape index (κ1) is 10.6. The van der Waals surface area contributed by atoms with Crippen LogP contribution >= 0.6 is 0 Å². The Morgan fingerprint density at radius 1 is 1.38 bits per heavy atom. The Morgan fingerprint density at radius 3 is 2.88 bits per heavy atom. The molecule has 3 fully saturated rings. The van der Waals surface area contributed by atoms with Crippen LogP contribution in [0.5, 0.6) is 0 Å². The highest BCUT2D eigenvalue weighted by Crippen LogP contribution is 2.50. The molecule has 3 nitrogen and oxygen atoms in total. The molecular weight excluding hydrogens is 200 g/mol. The summed E-state index contributed by atoms with van der Waals surface area (Å²) >= 11 is 0. The average Bonchev–Trinajstić information content (AvgIpc) is 2.90. The molecule has 0 aromatic heterocycles. The highest BCUT2D eigenvalue weighted by atomic mass is 16.2. The topological polar surface area (TPSA) is 32.3 Å². The maximum absolute atomic E-state index is 11.9. The predicted molar refractivity (Wildman–Crippen MR) is 63.0 cm³/mol. The lowest BCUT2D eigenvalue weighted by molar-refractivity contribution is -0.135. The number of fused-ring (bicyclic) bond motifs is 2. The van der Waals surface area contributed by atoms with Crippen LogP contribution in [0.1, 0.15) is 32.6 Å². The highest BCUT2D eigenvalue weighted by molar-refractivity contribution is 5.79. The third-order valence-corrected chi connectivity index (χ3v) is 5.03. The number of hydrogen-bond acceptors (Lipinski definition) is 2. The van der Waals surface area contributed by atoms with Crippen LogP contribution in [0, 0.1) is 17.8 Å². The number of amides is 1. The molecule has 2 saturated carbocycles. The molecule has 4 unspecified atom stereocenters. The summed E-state index contributed by atoms with van der Waals surface area (Å²) < 4.78 is 0. The van der Waals surface area contributed by atoms with Gasteiger partial charge in [-0.1, -0.05) is 6.42 Å². The maximum Gasteiger partial charge on any atom is 0.236 e. The summed E-state index contributed by atoms with van der Waals surface area (Å²) in [6, 6.07) is 0.477. The quantitative estimate of drug-likeness (QED) is 0.762. The molecule has 0 radical (unpaired) electrons. The van der Waals surface area contributed by atoms with Gasteiger partial charge in [0.1, 0.15) is 0 Å². The van der Waals surface area contributed by atoms with Crippen molar-refractivity contribution in [1.82, 2.24) is 10.2 Å². The van der Waals surface area contributed by atoms with Gasteiger partial charge < -0.3 is 10.2 Å². The van der Waals surface area contributed by atoms with E-state index in [0.717, 1.165) is 30.8 Å². The molecule has 3 aliphatic rings. The Balaban J connectivity index is 1.67.